The van der Waals surface area contributed by atoms with Crippen LogP contribution in [0.4, 0.5) is 0 Å². The quantitative estimate of drug-likeness (QED) is 0.823. The Kier molecular flexibility index (Phi) is 4.47. The lowest BCUT2D eigenvalue weighted by Gasteiger charge is -2.22. The summed E-state index contributed by atoms with van der Waals surface area (Å²) in [6.07, 6.45) is 3.41. The zero-order valence-corrected chi connectivity index (χ0v) is 11.3. The molecule has 0 aromatic carbocycles. The summed E-state index contributed by atoms with van der Waals surface area (Å²) in [5.41, 5.74) is 0.287. The Hall–Kier alpha value is -1.49. The molecule has 1 aliphatic heterocycles. The molecule has 0 spiro atoms. The van der Waals surface area contributed by atoms with Crippen LogP contribution in [0.1, 0.15) is 18.4 Å². The summed E-state index contributed by atoms with van der Waals surface area (Å²) >= 11 is 0. The molecule has 1 atom stereocenters. The van der Waals surface area contributed by atoms with E-state index in [1.54, 1.807) is 0 Å². The van der Waals surface area contributed by atoms with Crippen LogP contribution < -0.4 is 10.0 Å². The summed E-state index contributed by atoms with van der Waals surface area (Å²) in [5, 5.41) is 11.9. The topological polar surface area (TPSA) is 94.9 Å². The number of nitrogens with one attached hydrogen (secondary N) is 2. The van der Waals surface area contributed by atoms with E-state index in [1.165, 1.54) is 18.3 Å². The first-order valence-electron chi connectivity index (χ1n) is 6.18. The van der Waals surface area contributed by atoms with Gasteiger partial charge in [0.05, 0.1) is 11.6 Å². The van der Waals surface area contributed by atoms with Gasteiger partial charge < -0.3 is 5.32 Å². The third-order valence-corrected chi connectivity index (χ3v) is 4.42. The van der Waals surface area contributed by atoms with E-state index in [0.717, 1.165) is 25.9 Å². The number of nitriles is 1. The Bertz CT molecular complexity index is 574. The highest BCUT2D eigenvalue weighted by atomic mass is 32.2. The van der Waals surface area contributed by atoms with Crippen molar-refractivity contribution in [3.63, 3.8) is 0 Å². The fourth-order valence-electron chi connectivity index (χ4n) is 2.03. The first-order valence-corrected chi connectivity index (χ1v) is 7.66. The van der Waals surface area contributed by atoms with E-state index in [0.29, 0.717) is 12.5 Å². The van der Waals surface area contributed by atoms with E-state index in [9.17, 15) is 8.42 Å². The standard InChI is InChI=1S/C12H16N4O2S/c13-7-10-3-5-15-12(6-10)19(17,18)16-9-11-2-1-4-14-8-11/h3,5-6,11,14,16H,1-2,4,8-9H2/t11-/m0/s1. The molecule has 102 valence electrons. The lowest BCUT2D eigenvalue weighted by Crippen LogP contribution is -2.38. The zero-order valence-electron chi connectivity index (χ0n) is 10.5. The van der Waals surface area contributed by atoms with Gasteiger partial charge in [0.2, 0.25) is 0 Å². The molecule has 2 rings (SSSR count). The smallest absolute Gasteiger partial charge is 0.258 e. The first kappa shape index (κ1) is 13.9. The Balaban J connectivity index is 2.03. The van der Waals surface area contributed by atoms with Gasteiger partial charge in [0.25, 0.3) is 10.0 Å². The van der Waals surface area contributed by atoms with E-state index < -0.39 is 10.0 Å². The summed E-state index contributed by atoms with van der Waals surface area (Å²) in [6.45, 7) is 2.22. The average molecular weight is 280 g/mol. The molecule has 0 amide bonds. The van der Waals surface area contributed by atoms with Gasteiger partial charge in [-0.05, 0) is 44.0 Å². The van der Waals surface area contributed by atoms with Crippen molar-refractivity contribution in [2.45, 2.75) is 17.9 Å². The first-order chi connectivity index (χ1) is 9.12. The van der Waals surface area contributed by atoms with E-state index in [1.807, 2.05) is 6.07 Å². The van der Waals surface area contributed by atoms with Crippen LogP contribution in [0.15, 0.2) is 23.4 Å². The third kappa shape index (κ3) is 3.73. The zero-order chi connectivity index (χ0) is 13.7. The largest absolute Gasteiger partial charge is 0.316 e. The van der Waals surface area contributed by atoms with Crippen LogP contribution >= 0.6 is 0 Å². The number of sulfonamides is 1. The minimum absolute atomic E-state index is 0.102. The van der Waals surface area contributed by atoms with Gasteiger partial charge in [0.15, 0.2) is 5.03 Å². The molecule has 0 saturated carbocycles. The summed E-state index contributed by atoms with van der Waals surface area (Å²) in [7, 11) is -3.63. The molecule has 7 heteroatoms. The Morgan fingerprint density at radius 1 is 1.58 bits per heavy atom. The van der Waals surface area contributed by atoms with Crippen LogP contribution in [0.2, 0.25) is 0 Å². The molecule has 0 radical (unpaired) electrons. The number of piperidine rings is 1. The molecule has 0 bridgehead atoms. The van der Waals surface area contributed by atoms with Crippen LogP contribution in [-0.4, -0.2) is 33.0 Å². The maximum absolute atomic E-state index is 12.0. The molecule has 0 unspecified atom stereocenters. The Morgan fingerprint density at radius 3 is 3.11 bits per heavy atom. The number of hydrogen-bond acceptors (Lipinski definition) is 5. The van der Waals surface area contributed by atoms with Gasteiger partial charge in [0.1, 0.15) is 0 Å². The van der Waals surface area contributed by atoms with Crippen LogP contribution in [-0.2, 0) is 10.0 Å². The fourth-order valence-corrected chi connectivity index (χ4v) is 3.11. The number of nitrogens with zero attached hydrogens (tertiary/aromatic N) is 2. The van der Waals surface area contributed by atoms with Crippen molar-refractivity contribution < 1.29 is 8.42 Å². The third-order valence-electron chi connectivity index (χ3n) is 3.10. The monoisotopic (exact) mass is 280 g/mol. The molecule has 1 aromatic heterocycles. The maximum atomic E-state index is 12.0. The van der Waals surface area contributed by atoms with Gasteiger partial charge >= 0.3 is 0 Å². The molecule has 1 saturated heterocycles. The molecule has 2 N–H and O–H groups in total. The van der Waals surface area contributed by atoms with Crippen molar-refractivity contribution >= 4 is 10.0 Å². The van der Waals surface area contributed by atoms with Gasteiger partial charge in [-0.2, -0.15) is 5.26 Å². The molecule has 1 aromatic rings. The van der Waals surface area contributed by atoms with Crippen molar-refractivity contribution in [1.82, 2.24) is 15.0 Å². The summed E-state index contributed by atoms with van der Waals surface area (Å²) in [6, 6.07) is 4.66. The minimum atomic E-state index is -3.63. The highest BCUT2D eigenvalue weighted by Crippen LogP contribution is 2.11. The Morgan fingerprint density at radius 2 is 2.42 bits per heavy atom. The van der Waals surface area contributed by atoms with Crippen LogP contribution in [0.3, 0.4) is 0 Å². The van der Waals surface area contributed by atoms with E-state index in [2.05, 4.69) is 15.0 Å². The van der Waals surface area contributed by atoms with Crippen LogP contribution in [0.5, 0.6) is 0 Å². The highest BCUT2D eigenvalue weighted by Gasteiger charge is 2.19. The van der Waals surface area contributed by atoms with Gasteiger partial charge in [-0.3, -0.25) is 0 Å². The maximum Gasteiger partial charge on any atom is 0.258 e. The predicted octanol–water partition coefficient (Wildman–Crippen LogP) is 0.231. The lowest BCUT2D eigenvalue weighted by atomic mass is 10.0. The molecule has 1 aliphatic rings. The van der Waals surface area contributed by atoms with Crippen molar-refractivity contribution in [1.29, 1.82) is 5.26 Å². The summed E-state index contributed by atoms with van der Waals surface area (Å²) < 4.78 is 26.6. The number of hydrogen-bond donors (Lipinski definition) is 2. The molecule has 1 fully saturated rings. The van der Waals surface area contributed by atoms with Crippen molar-refractivity contribution in [2.24, 2.45) is 5.92 Å². The van der Waals surface area contributed by atoms with E-state index in [-0.39, 0.29) is 10.6 Å². The molecular weight excluding hydrogens is 264 g/mol. The van der Waals surface area contributed by atoms with Gasteiger partial charge in [-0.1, -0.05) is 0 Å². The fraction of sp³-hybridized carbons (Fsp3) is 0.500. The number of pyridine rings is 1. The molecule has 0 aliphatic carbocycles. The molecule has 2 heterocycles. The minimum Gasteiger partial charge on any atom is -0.316 e. The molecule has 6 nitrogen and oxygen atoms in total. The number of aromatic nitrogens is 1. The lowest BCUT2D eigenvalue weighted by molar-refractivity contribution is 0.375. The number of rotatable bonds is 4. The average Bonchev–Trinajstić information content (AvgIpc) is 2.46. The van der Waals surface area contributed by atoms with Crippen LogP contribution in [0, 0.1) is 17.2 Å². The van der Waals surface area contributed by atoms with Gasteiger partial charge in [0, 0.05) is 12.7 Å². The highest BCUT2D eigenvalue weighted by molar-refractivity contribution is 7.89. The second-order valence-corrected chi connectivity index (χ2v) is 6.27. The van der Waals surface area contributed by atoms with Gasteiger partial charge in [-0.25, -0.2) is 18.1 Å². The second-order valence-electron chi connectivity index (χ2n) is 4.56. The summed E-state index contributed by atoms with van der Waals surface area (Å²) in [4.78, 5) is 3.81. The second kappa shape index (κ2) is 6.10. The normalized spacial score (nSPS) is 19.8. The molecular formula is C12H16N4O2S. The van der Waals surface area contributed by atoms with Gasteiger partial charge in [-0.15, -0.1) is 0 Å². The Labute approximate surface area is 112 Å². The van der Waals surface area contributed by atoms with Crippen LogP contribution in [0.25, 0.3) is 0 Å². The van der Waals surface area contributed by atoms with Crippen molar-refractivity contribution in [3.8, 4) is 6.07 Å². The van der Waals surface area contributed by atoms with Crippen molar-refractivity contribution in [3.05, 3.63) is 23.9 Å². The SMILES string of the molecule is N#Cc1ccnc(S(=O)(=O)NC[C@H]2CCCNC2)c1. The van der Waals surface area contributed by atoms with E-state index in [4.69, 9.17) is 5.26 Å². The van der Waals surface area contributed by atoms with Crippen molar-refractivity contribution in [2.75, 3.05) is 19.6 Å². The predicted molar refractivity (Wildman–Crippen MR) is 69.7 cm³/mol. The van der Waals surface area contributed by atoms with E-state index >= 15 is 0 Å². The molecule has 19 heavy (non-hydrogen) atoms. The summed E-state index contributed by atoms with van der Waals surface area (Å²) in [5.74, 6) is 0.308.